The van der Waals surface area contributed by atoms with E-state index in [2.05, 4.69) is 41.8 Å². The van der Waals surface area contributed by atoms with E-state index in [-0.39, 0.29) is 24.4 Å². The number of carbonyl (C=O) groups excluding carboxylic acids is 2. The maximum atomic E-state index is 12.9. The van der Waals surface area contributed by atoms with E-state index in [1.54, 1.807) is 0 Å². The van der Waals surface area contributed by atoms with E-state index in [0.29, 0.717) is 25.2 Å². The van der Waals surface area contributed by atoms with Gasteiger partial charge in [0.2, 0.25) is 5.91 Å². The van der Waals surface area contributed by atoms with Crippen molar-refractivity contribution in [2.45, 2.75) is 38.8 Å². The zero-order valence-electron chi connectivity index (χ0n) is 22.2. The second-order valence-electron chi connectivity index (χ2n) is 9.70. The first-order valence-electron chi connectivity index (χ1n) is 13.5. The van der Waals surface area contributed by atoms with Crippen LogP contribution in [0, 0.1) is 0 Å². The van der Waals surface area contributed by atoms with E-state index in [0.717, 1.165) is 29.3 Å². The quantitative estimate of drug-likeness (QED) is 0.331. The van der Waals surface area contributed by atoms with Crippen molar-refractivity contribution in [3.8, 4) is 0 Å². The lowest BCUT2D eigenvalue weighted by atomic mass is 10.0. The number of nitrogens with two attached hydrogens (primary N) is 1. The summed E-state index contributed by atoms with van der Waals surface area (Å²) in [6, 6.07) is 28.2. The Morgan fingerprint density at radius 1 is 0.947 bits per heavy atom. The van der Waals surface area contributed by atoms with Crippen LogP contribution in [0.15, 0.2) is 84.9 Å². The van der Waals surface area contributed by atoms with Gasteiger partial charge in [0.1, 0.15) is 0 Å². The van der Waals surface area contributed by atoms with Crippen LogP contribution >= 0.6 is 0 Å². The van der Waals surface area contributed by atoms with Crippen LogP contribution in [0.25, 0.3) is 21.5 Å². The van der Waals surface area contributed by atoms with Crippen molar-refractivity contribution in [1.29, 1.82) is 0 Å². The average Bonchev–Trinajstić information content (AvgIpc) is 3.13. The molecule has 1 aliphatic rings. The molecular weight excluding hydrogens is 472 g/mol. The van der Waals surface area contributed by atoms with E-state index in [4.69, 9.17) is 5.73 Å². The summed E-state index contributed by atoms with van der Waals surface area (Å²) in [6.07, 6.45) is 3.17. The first kappa shape index (κ1) is 27.3. The van der Waals surface area contributed by atoms with Crippen LogP contribution in [0.5, 0.6) is 0 Å². The number of rotatable bonds is 7. The minimum atomic E-state index is -0.0863. The van der Waals surface area contributed by atoms with Gasteiger partial charge in [-0.05, 0) is 52.6 Å². The predicted molar refractivity (Wildman–Crippen MR) is 156 cm³/mol. The SMILES string of the molecule is CCCCN.O=C(NCC1CCN(Cc2cccc3ccccc23)C(=O)CN1)c1cccc2ccccc12. The molecule has 0 spiro atoms. The molecule has 1 atom stereocenters. The molecule has 1 fully saturated rings. The number of hydrogen-bond acceptors (Lipinski definition) is 4. The van der Waals surface area contributed by atoms with Gasteiger partial charge < -0.3 is 21.3 Å². The van der Waals surface area contributed by atoms with Crippen molar-refractivity contribution in [3.63, 3.8) is 0 Å². The van der Waals surface area contributed by atoms with E-state index in [1.165, 1.54) is 23.6 Å². The number of benzene rings is 4. The van der Waals surface area contributed by atoms with Gasteiger partial charge in [0, 0.05) is 31.2 Å². The summed E-state index contributed by atoms with van der Waals surface area (Å²) in [6.45, 7) is 4.99. The Kier molecular flexibility index (Phi) is 9.84. The molecule has 1 heterocycles. The van der Waals surface area contributed by atoms with E-state index in [1.807, 2.05) is 65.6 Å². The van der Waals surface area contributed by atoms with Crippen LogP contribution < -0.4 is 16.4 Å². The van der Waals surface area contributed by atoms with Crippen molar-refractivity contribution < 1.29 is 9.59 Å². The monoisotopic (exact) mass is 510 g/mol. The van der Waals surface area contributed by atoms with Gasteiger partial charge in [-0.2, -0.15) is 0 Å². The second kappa shape index (κ2) is 13.7. The van der Waals surface area contributed by atoms with E-state index < -0.39 is 0 Å². The molecule has 4 N–H and O–H groups in total. The zero-order valence-corrected chi connectivity index (χ0v) is 22.2. The molecular formula is C32H38N4O2. The van der Waals surface area contributed by atoms with Gasteiger partial charge >= 0.3 is 0 Å². The average molecular weight is 511 g/mol. The van der Waals surface area contributed by atoms with Crippen molar-refractivity contribution in [1.82, 2.24) is 15.5 Å². The molecule has 0 saturated carbocycles. The number of unbranched alkanes of at least 4 members (excludes halogenated alkanes) is 1. The number of nitrogens with zero attached hydrogens (tertiary/aromatic N) is 1. The number of amides is 2. The minimum Gasteiger partial charge on any atom is -0.350 e. The highest BCUT2D eigenvalue weighted by Gasteiger charge is 2.23. The third-order valence-corrected chi connectivity index (χ3v) is 6.98. The lowest BCUT2D eigenvalue weighted by Crippen LogP contribution is -2.41. The molecule has 0 radical (unpaired) electrons. The molecule has 5 rings (SSSR count). The number of hydrogen-bond donors (Lipinski definition) is 3. The summed E-state index contributed by atoms with van der Waals surface area (Å²) in [7, 11) is 0. The lowest BCUT2D eigenvalue weighted by molar-refractivity contribution is -0.130. The van der Waals surface area contributed by atoms with E-state index >= 15 is 0 Å². The topological polar surface area (TPSA) is 87.5 Å². The fraction of sp³-hybridized carbons (Fsp3) is 0.312. The fourth-order valence-electron chi connectivity index (χ4n) is 4.80. The highest BCUT2D eigenvalue weighted by molar-refractivity contribution is 6.07. The first-order chi connectivity index (χ1) is 18.6. The standard InChI is InChI=1S/C28H27N3O2.C4H11N/c32-27-18-29-23(17-30-28(33)26-14-6-10-21-8-2-4-13-25(21)26)15-16-31(27)19-22-11-5-9-20-7-1-3-12-24(20)22;1-2-3-4-5/h1-14,23,29H,15-19H2,(H,30,33);2-5H2,1H3. The molecule has 6 heteroatoms. The first-order valence-corrected chi connectivity index (χ1v) is 13.5. The van der Waals surface area contributed by atoms with Crippen molar-refractivity contribution in [2.75, 3.05) is 26.2 Å². The largest absolute Gasteiger partial charge is 0.350 e. The van der Waals surface area contributed by atoms with Gasteiger partial charge in [0.25, 0.3) is 5.91 Å². The second-order valence-corrected chi connectivity index (χ2v) is 9.70. The van der Waals surface area contributed by atoms with Crippen molar-refractivity contribution in [3.05, 3.63) is 96.1 Å². The Labute approximate surface area is 225 Å². The van der Waals surface area contributed by atoms with Crippen LogP contribution in [-0.2, 0) is 11.3 Å². The molecule has 38 heavy (non-hydrogen) atoms. The van der Waals surface area contributed by atoms with Crippen molar-refractivity contribution >= 4 is 33.4 Å². The third-order valence-electron chi connectivity index (χ3n) is 6.98. The molecule has 6 nitrogen and oxygen atoms in total. The molecule has 4 aromatic rings. The van der Waals surface area contributed by atoms with Gasteiger partial charge in [-0.15, -0.1) is 0 Å². The van der Waals surface area contributed by atoms with Crippen LogP contribution in [0.3, 0.4) is 0 Å². The summed E-state index contributed by atoms with van der Waals surface area (Å²) in [5.74, 6) is 0.00241. The van der Waals surface area contributed by atoms with Crippen molar-refractivity contribution in [2.24, 2.45) is 5.73 Å². The molecule has 4 aromatic carbocycles. The third kappa shape index (κ3) is 6.97. The van der Waals surface area contributed by atoms with Gasteiger partial charge in [0.15, 0.2) is 0 Å². The van der Waals surface area contributed by atoms with E-state index in [9.17, 15) is 9.59 Å². The predicted octanol–water partition coefficient (Wildman–Crippen LogP) is 4.86. The van der Waals surface area contributed by atoms with Gasteiger partial charge in [-0.1, -0.05) is 92.2 Å². The Hall–Kier alpha value is -3.74. The lowest BCUT2D eigenvalue weighted by Gasteiger charge is -2.21. The highest BCUT2D eigenvalue weighted by atomic mass is 16.2. The Bertz CT molecular complexity index is 1360. The maximum absolute atomic E-state index is 12.9. The van der Waals surface area contributed by atoms with Crippen LogP contribution in [0.4, 0.5) is 0 Å². The molecule has 1 saturated heterocycles. The normalized spacial score (nSPS) is 15.6. The van der Waals surface area contributed by atoms with Gasteiger partial charge in [-0.3, -0.25) is 9.59 Å². The fourth-order valence-corrected chi connectivity index (χ4v) is 4.80. The summed E-state index contributed by atoms with van der Waals surface area (Å²) < 4.78 is 0. The molecule has 0 aromatic heterocycles. The molecule has 2 amide bonds. The Morgan fingerprint density at radius 3 is 2.32 bits per heavy atom. The molecule has 1 unspecified atom stereocenters. The smallest absolute Gasteiger partial charge is 0.251 e. The van der Waals surface area contributed by atoms with Gasteiger partial charge in [0.05, 0.1) is 6.54 Å². The number of nitrogens with one attached hydrogen (secondary N) is 2. The summed E-state index contributed by atoms with van der Waals surface area (Å²) >= 11 is 0. The number of fused-ring (bicyclic) bond motifs is 2. The summed E-state index contributed by atoms with van der Waals surface area (Å²) in [5.41, 5.74) is 6.97. The zero-order chi connectivity index (χ0) is 26.7. The Morgan fingerprint density at radius 2 is 1.61 bits per heavy atom. The van der Waals surface area contributed by atoms with Crippen LogP contribution in [0.1, 0.15) is 42.1 Å². The molecule has 0 bridgehead atoms. The summed E-state index contributed by atoms with van der Waals surface area (Å²) in [5, 5.41) is 10.7. The van der Waals surface area contributed by atoms with Crippen LogP contribution in [-0.4, -0.2) is 48.9 Å². The molecule has 1 aliphatic heterocycles. The molecule has 0 aliphatic carbocycles. The Balaban J connectivity index is 0.000000617. The highest BCUT2D eigenvalue weighted by Crippen LogP contribution is 2.21. The molecule has 198 valence electrons. The van der Waals surface area contributed by atoms with Gasteiger partial charge in [-0.25, -0.2) is 0 Å². The summed E-state index contributed by atoms with van der Waals surface area (Å²) in [4.78, 5) is 27.6. The maximum Gasteiger partial charge on any atom is 0.251 e. The minimum absolute atomic E-state index is 0.0467. The van der Waals surface area contributed by atoms with Crippen LogP contribution in [0.2, 0.25) is 0 Å². The number of carbonyl (C=O) groups is 2.